The average molecular weight is 280 g/mol. The third-order valence-corrected chi connectivity index (χ3v) is 3.02. The van der Waals surface area contributed by atoms with Crippen LogP contribution in [0.15, 0.2) is 24.4 Å². The molecule has 0 spiro atoms. The van der Waals surface area contributed by atoms with Crippen molar-refractivity contribution in [3.05, 3.63) is 40.5 Å². The highest BCUT2D eigenvalue weighted by Crippen LogP contribution is 2.21. The average Bonchev–Trinajstić information content (AvgIpc) is 2.77. The van der Waals surface area contributed by atoms with E-state index < -0.39 is 0 Å². The molecule has 0 aliphatic heterocycles. The molecule has 1 amide bonds. The molecule has 0 aliphatic rings. The third kappa shape index (κ3) is 3.48. The van der Waals surface area contributed by atoms with Crippen LogP contribution in [-0.4, -0.2) is 22.7 Å². The number of benzene rings is 1. The summed E-state index contributed by atoms with van der Waals surface area (Å²) in [6, 6.07) is 5.25. The Labute approximate surface area is 115 Å². The number of carbonyl (C=O) groups is 1. The first-order valence-corrected chi connectivity index (χ1v) is 6.13. The Morgan fingerprint density at radius 1 is 1.42 bits per heavy atom. The Kier molecular flexibility index (Phi) is 4.06. The van der Waals surface area contributed by atoms with Gasteiger partial charge in [-0.2, -0.15) is 5.10 Å². The molecule has 2 N–H and O–H groups in total. The van der Waals surface area contributed by atoms with E-state index in [0.29, 0.717) is 16.6 Å². The molecule has 0 bridgehead atoms. The van der Waals surface area contributed by atoms with Crippen molar-refractivity contribution in [3.8, 4) is 5.75 Å². The highest BCUT2D eigenvalue weighted by molar-refractivity contribution is 6.31. The summed E-state index contributed by atoms with van der Waals surface area (Å²) in [5, 5.41) is 9.86. The number of anilines is 1. The van der Waals surface area contributed by atoms with E-state index in [9.17, 15) is 4.79 Å². The van der Waals surface area contributed by atoms with Gasteiger partial charge in [0.1, 0.15) is 11.6 Å². The molecule has 2 aromatic rings. The fourth-order valence-corrected chi connectivity index (χ4v) is 1.62. The summed E-state index contributed by atoms with van der Waals surface area (Å²) in [6.07, 6.45) is 1.64. The van der Waals surface area contributed by atoms with Crippen LogP contribution in [0.3, 0.4) is 0 Å². The topological polar surface area (TPSA) is 67.0 Å². The smallest absolute Gasteiger partial charge is 0.263 e. The lowest BCUT2D eigenvalue weighted by molar-refractivity contribution is -0.118. The van der Waals surface area contributed by atoms with Crippen molar-refractivity contribution in [2.45, 2.75) is 13.8 Å². The number of hydrogen-bond acceptors (Lipinski definition) is 3. The van der Waals surface area contributed by atoms with Crippen LogP contribution >= 0.6 is 11.6 Å². The van der Waals surface area contributed by atoms with E-state index >= 15 is 0 Å². The first-order valence-electron chi connectivity index (χ1n) is 5.75. The van der Waals surface area contributed by atoms with Gasteiger partial charge in [0.15, 0.2) is 6.61 Å². The molecule has 1 heterocycles. The number of H-pyrrole nitrogens is 1. The zero-order valence-corrected chi connectivity index (χ0v) is 11.4. The zero-order chi connectivity index (χ0) is 13.8. The number of carbonyl (C=O) groups excluding carboxylic acids is 1. The Hall–Kier alpha value is -2.01. The first kappa shape index (κ1) is 13.4. The molecule has 0 radical (unpaired) electrons. The van der Waals surface area contributed by atoms with Gasteiger partial charge in [-0.3, -0.25) is 9.89 Å². The van der Waals surface area contributed by atoms with Gasteiger partial charge in [-0.1, -0.05) is 11.6 Å². The van der Waals surface area contributed by atoms with E-state index in [0.717, 1.165) is 11.1 Å². The normalized spacial score (nSPS) is 10.3. The molecule has 5 nitrogen and oxygen atoms in total. The molecule has 1 aromatic heterocycles. The predicted octanol–water partition coefficient (Wildman–Crippen LogP) is 2.70. The number of amides is 1. The maximum atomic E-state index is 11.7. The number of nitrogens with zero attached hydrogens (tertiary/aromatic N) is 1. The fraction of sp³-hybridized carbons (Fsp3) is 0.231. The lowest BCUT2D eigenvalue weighted by atomic mass is 10.2. The summed E-state index contributed by atoms with van der Waals surface area (Å²) in [7, 11) is 0. The number of nitrogens with one attached hydrogen (secondary N) is 2. The van der Waals surface area contributed by atoms with Gasteiger partial charge in [-0.25, -0.2) is 0 Å². The van der Waals surface area contributed by atoms with E-state index in [1.165, 1.54) is 0 Å². The van der Waals surface area contributed by atoms with Crippen molar-refractivity contribution < 1.29 is 9.53 Å². The number of aryl methyl sites for hydroxylation is 2. The molecule has 0 saturated heterocycles. The Morgan fingerprint density at radius 2 is 2.21 bits per heavy atom. The second kappa shape index (κ2) is 5.75. The van der Waals surface area contributed by atoms with Gasteiger partial charge in [-0.15, -0.1) is 0 Å². The maximum Gasteiger partial charge on any atom is 0.263 e. The van der Waals surface area contributed by atoms with Gasteiger partial charge in [0, 0.05) is 10.6 Å². The van der Waals surface area contributed by atoms with E-state index in [1.54, 1.807) is 24.4 Å². The lowest BCUT2D eigenvalue weighted by Gasteiger charge is -2.08. The summed E-state index contributed by atoms with van der Waals surface area (Å²) >= 11 is 5.91. The van der Waals surface area contributed by atoms with Gasteiger partial charge in [-0.05, 0) is 37.6 Å². The Bertz CT molecular complexity index is 595. The molecular weight excluding hydrogens is 266 g/mol. The quantitative estimate of drug-likeness (QED) is 0.904. The minimum atomic E-state index is -0.250. The summed E-state index contributed by atoms with van der Waals surface area (Å²) in [5.41, 5.74) is 1.78. The molecule has 19 heavy (non-hydrogen) atoms. The van der Waals surface area contributed by atoms with Gasteiger partial charge >= 0.3 is 0 Å². The molecule has 0 atom stereocenters. The largest absolute Gasteiger partial charge is 0.484 e. The van der Waals surface area contributed by atoms with Crippen LogP contribution in [0.4, 0.5) is 5.82 Å². The van der Waals surface area contributed by atoms with Crippen LogP contribution in [-0.2, 0) is 4.79 Å². The maximum absolute atomic E-state index is 11.7. The van der Waals surface area contributed by atoms with Gasteiger partial charge < -0.3 is 10.1 Å². The number of hydrogen-bond donors (Lipinski definition) is 2. The molecule has 2 rings (SSSR count). The zero-order valence-electron chi connectivity index (χ0n) is 10.7. The molecule has 6 heteroatoms. The van der Waals surface area contributed by atoms with Gasteiger partial charge in [0.05, 0.1) is 6.20 Å². The SMILES string of the molecule is Cc1cc(OCC(=O)Nc2[nH]ncc2C)ccc1Cl. The van der Waals surface area contributed by atoms with Crippen molar-refractivity contribution in [3.63, 3.8) is 0 Å². The highest BCUT2D eigenvalue weighted by atomic mass is 35.5. The van der Waals surface area contributed by atoms with Crippen LogP contribution in [0.1, 0.15) is 11.1 Å². The van der Waals surface area contributed by atoms with Crippen molar-refractivity contribution in [1.82, 2.24) is 10.2 Å². The number of ether oxygens (including phenoxy) is 1. The monoisotopic (exact) mass is 279 g/mol. The molecule has 1 aromatic carbocycles. The van der Waals surface area contributed by atoms with Crippen molar-refractivity contribution in [2.75, 3.05) is 11.9 Å². The van der Waals surface area contributed by atoms with E-state index in [4.69, 9.17) is 16.3 Å². The summed E-state index contributed by atoms with van der Waals surface area (Å²) < 4.78 is 5.39. The highest BCUT2D eigenvalue weighted by Gasteiger charge is 2.07. The Morgan fingerprint density at radius 3 is 2.84 bits per heavy atom. The number of aromatic nitrogens is 2. The van der Waals surface area contributed by atoms with Crippen molar-refractivity contribution in [1.29, 1.82) is 0 Å². The first-order chi connectivity index (χ1) is 9.06. The van der Waals surface area contributed by atoms with Crippen LogP contribution in [0, 0.1) is 13.8 Å². The van der Waals surface area contributed by atoms with Crippen LogP contribution in [0.2, 0.25) is 5.02 Å². The minimum Gasteiger partial charge on any atom is -0.484 e. The van der Waals surface area contributed by atoms with Crippen molar-refractivity contribution in [2.24, 2.45) is 0 Å². The molecule has 0 aliphatic carbocycles. The van der Waals surface area contributed by atoms with Gasteiger partial charge in [0.25, 0.3) is 5.91 Å². The third-order valence-electron chi connectivity index (χ3n) is 2.59. The molecule has 0 fully saturated rings. The van der Waals surface area contributed by atoms with E-state index in [2.05, 4.69) is 15.5 Å². The van der Waals surface area contributed by atoms with E-state index in [-0.39, 0.29) is 12.5 Å². The fourth-order valence-electron chi connectivity index (χ4n) is 1.50. The summed E-state index contributed by atoms with van der Waals surface area (Å²) in [5.74, 6) is 0.944. The second-order valence-corrected chi connectivity index (χ2v) is 4.58. The summed E-state index contributed by atoms with van der Waals surface area (Å²) in [4.78, 5) is 11.7. The van der Waals surface area contributed by atoms with Gasteiger partial charge in [0.2, 0.25) is 0 Å². The predicted molar refractivity (Wildman–Crippen MR) is 73.6 cm³/mol. The number of rotatable bonds is 4. The Balaban J connectivity index is 1.90. The molecule has 0 unspecified atom stereocenters. The van der Waals surface area contributed by atoms with Crippen LogP contribution in [0.25, 0.3) is 0 Å². The van der Waals surface area contributed by atoms with E-state index in [1.807, 2.05) is 13.8 Å². The lowest BCUT2D eigenvalue weighted by Crippen LogP contribution is -2.20. The standard InChI is InChI=1S/C13H14ClN3O2/c1-8-5-10(3-4-11(8)14)19-7-12(18)16-13-9(2)6-15-17-13/h3-6H,7H2,1-2H3,(H2,15,16,17,18). The molecule has 0 saturated carbocycles. The number of aromatic amines is 1. The van der Waals surface area contributed by atoms with Crippen LogP contribution < -0.4 is 10.1 Å². The van der Waals surface area contributed by atoms with Crippen LogP contribution in [0.5, 0.6) is 5.75 Å². The van der Waals surface area contributed by atoms with Crippen molar-refractivity contribution >= 4 is 23.3 Å². The molecule has 100 valence electrons. The number of halogens is 1. The molecular formula is C13H14ClN3O2. The summed E-state index contributed by atoms with van der Waals surface area (Å²) in [6.45, 7) is 3.66. The second-order valence-electron chi connectivity index (χ2n) is 4.18. The minimum absolute atomic E-state index is 0.0699.